The molecule has 2 heterocycles. The SMILES string of the molecule is CC(=O)Nc1ccc(Cl)cc1N[C@H]1CCN(c2cnn(C)c2)C1=O. The lowest BCUT2D eigenvalue weighted by atomic mass is 10.2. The first-order valence-electron chi connectivity index (χ1n) is 7.58. The summed E-state index contributed by atoms with van der Waals surface area (Å²) in [7, 11) is 1.81. The monoisotopic (exact) mass is 347 g/mol. The summed E-state index contributed by atoms with van der Waals surface area (Å²) in [6, 6.07) is 4.73. The maximum Gasteiger partial charge on any atom is 0.249 e. The summed E-state index contributed by atoms with van der Waals surface area (Å²) >= 11 is 6.04. The molecule has 1 aromatic heterocycles. The maximum absolute atomic E-state index is 12.6. The number of nitrogens with one attached hydrogen (secondary N) is 2. The van der Waals surface area contributed by atoms with Gasteiger partial charge in [0.15, 0.2) is 0 Å². The zero-order chi connectivity index (χ0) is 17.3. The van der Waals surface area contributed by atoms with Crippen LogP contribution >= 0.6 is 11.6 Å². The molecule has 1 aromatic carbocycles. The molecular weight excluding hydrogens is 330 g/mol. The van der Waals surface area contributed by atoms with E-state index in [1.165, 1.54) is 6.92 Å². The van der Waals surface area contributed by atoms with E-state index in [4.69, 9.17) is 11.6 Å². The van der Waals surface area contributed by atoms with Crippen molar-refractivity contribution in [2.75, 3.05) is 22.1 Å². The molecule has 8 heteroatoms. The van der Waals surface area contributed by atoms with Crippen molar-refractivity contribution < 1.29 is 9.59 Å². The highest BCUT2D eigenvalue weighted by Gasteiger charge is 2.33. The summed E-state index contributed by atoms with van der Waals surface area (Å²) in [6.07, 6.45) is 4.13. The second-order valence-electron chi connectivity index (χ2n) is 5.72. The zero-order valence-electron chi connectivity index (χ0n) is 13.4. The molecule has 0 saturated carbocycles. The van der Waals surface area contributed by atoms with Gasteiger partial charge in [0.1, 0.15) is 6.04 Å². The number of rotatable bonds is 4. The van der Waals surface area contributed by atoms with Crippen molar-refractivity contribution in [3.05, 3.63) is 35.6 Å². The highest BCUT2D eigenvalue weighted by Crippen LogP contribution is 2.29. The Labute approximate surface area is 144 Å². The van der Waals surface area contributed by atoms with E-state index >= 15 is 0 Å². The number of carbonyl (C=O) groups is 2. The van der Waals surface area contributed by atoms with Crippen molar-refractivity contribution in [2.45, 2.75) is 19.4 Å². The summed E-state index contributed by atoms with van der Waals surface area (Å²) in [4.78, 5) is 25.7. The standard InChI is InChI=1S/C16H18ClN5O2/c1-10(23)19-13-4-3-11(17)7-15(13)20-14-5-6-22(16(14)24)12-8-18-21(2)9-12/h3-4,7-9,14,20H,5-6H2,1-2H3,(H,19,23)/t14-/m0/s1. The Morgan fingerprint density at radius 2 is 2.17 bits per heavy atom. The number of aryl methyl sites for hydroxylation is 1. The molecule has 3 rings (SSSR count). The highest BCUT2D eigenvalue weighted by molar-refractivity contribution is 6.31. The largest absolute Gasteiger partial charge is 0.372 e. The van der Waals surface area contributed by atoms with Crippen LogP contribution in [0, 0.1) is 0 Å². The van der Waals surface area contributed by atoms with Crippen LogP contribution < -0.4 is 15.5 Å². The molecule has 7 nitrogen and oxygen atoms in total. The van der Waals surface area contributed by atoms with Crippen LogP contribution in [-0.4, -0.2) is 34.2 Å². The van der Waals surface area contributed by atoms with Crippen LogP contribution in [0.1, 0.15) is 13.3 Å². The van der Waals surface area contributed by atoms with Crippen LogP contribution in [-0.2, 0) is 16.6 Å². The van der Waals surface area contributed by atoms with E-state index in [0.717, 1.165) is 5.69 Å². The van der Waals surface area contributed by atoms with E-state index in [1.807, 2.05) is 13.2 Å². The van der Waals surface area contributed by atoms with Gasteiger partial charge >= 0.3 is 0 Å². The number of carbonyl (C=O) groups excluding carboxylic acids is 2. The molecule has 0 radical (unpaired) electrons. The zero-order valence-corrected chi connectivity index (χ0v) is 14.2. The van der Waals surface area contributed by atoms with Gasteiger partial charge in [-0.25, -0.2) is 0 Å². The van der Waals surface area contributed by atoms with Crippen molar-refractivity contribution >= 4 is 40.5 Å². The second kappa shape index (κ2) is 6.52. The molecule has 24 heavy (non-hydrogen) atoms. The molecule has 1 aliphatic rings. The first kappa shape index (κ1) is 16.3. The number of hydrogen-bond donors (Lipinski definition) is 2. The van der Waals surface area contributed by atoms with Gasteiger partial charge in [0.25, 0.3) is 0 Å². The van der Waals surface area contributed by atoms with Gasteiger partial charge in [-0.1, -0.05) is 11.6 Å². The van der Waals surface area contributed by atoms with Gasteiger partial charge < -0.3 is 15.5 Å². The fourth-order valence-corrected chi connectivity index (χ4v) is 2.91. The Kier molecular flexibility index (Phi) is 4.44. The molecule has 1 fully saturated rings. The number of benzene rings is 1. The molecule has 0 bridgehead atoms. The molecular formula is C16H18ClN5O2. The molecule has 1 saturated heterocycles. The van der Waals surface area contributed by atoms with Gasteiger partial charge in [0.2, 0.25) is 11.8 Å². The number of nitrogens with zero attached hydrogens (tertiary/aromatic N) is 3. The first-order chi connectivity index (χ1) is 11.4. The van der Waals surface area contributed by atoms with E-state index in [1.54, 1.807) is 34.0 Å². The summed E-state index contributed by atoms with van der Waals surface area (Å²) in [6.45, 7) is 2.04. The highest BCUT2D eigenvalue weighted by atomic mass is 35.5. The smallest absolute Gasteiger partial charge is 0.249 e. The van der Waals surface area contributed by atoms with Gasteiger partial charge in [-0.15, -0.1) is 0 Å². The summed E-state index contributed by atoms with van der Waals surface area (Å²) < 4.78 is 1.66. The van der Waals surface area contributed by atoms with Crippen LogP contribution in [0.3, 0.4) is 0 Å². The average molecular weight is 348 g/mol. The predicted molar refractivity (Wildman–Crippen MR) is 93.3 cm³/mol. The van der Waals surface area contributed by atoms with Crippen molar-refractivity contribution in [3.63, 3.8) is 0 Å². The van der Waals surface area contributed by atoms with E-state index in [2.05, 4.69) is 15.7 Å². The maximum atomic E-state index is 12.6. The number of aromatic nitrogens is 2. The Hall–Kier alpha value is -2.54. The van der Waals surface area contributed by atoms with Gasteiger partial charge in [-0.3, -0.25) is 14.3 Å². The summed E-state index contributed by atoms with van der Waals surface area (Å²) in [5.74, 6) is -0.216. The Morgan fingerprint density at radius 1 is 1.38 bits per heavy atom. The Bertz CT molecular complexity index is 789. The minimum Gasteiger partial charge on any atom is -0.372 e. The van der Waals surface area contributed by atoms with Crippen LogP contribution in [0.5, 0.6) is 0 Å². The van der Waals surface area contributed by atoms with Crippen LogP contribution in [0.2, 0.25) is 5.02 Å². The third-order valence-electron chi connectivity index (χ3n) is 3.83. The quantitative estimate of drug-likeness (QED) is 0.889. The predicted octanol–water partition coefficient (Wildman–Crippen LogP) is 2.25. The topological polar surface area (TPSA) is 79.3 Å². The lowest BCUT2D eigenvalue weighted by molar-refractivity contribution is -0.117. The van der Waals surface area contributed by atoms with Gasteiger partial charge in [0.05, 0.1) is 23.3 Å². The molecule has 2 aromatic rings. The molecule has 126 valence electrons. The normalized spacial score (nSPS) is 17.2. The van der Waals surface area contributed by atoms with E-state index in [-0.39, 0.29) is 17.9 Å². The minimum absolute atomic E-state index is 0.0308. The molecule has 1 atom stereocenters. The molecule has 0 spiro atoms. The second-order valence-corrected chi connectivity index (χ2v) is 6.16. The lowest BCUT2D eigenvalue weighted by Crippen LogP contribution is -2.33. The minimum atomic E-state index is -0.379. The van der Waals surface area contributed by atoms with Crippen LogP contribution in [0.15, 0.2) is 30.6 Å². The van der Waals surface area contributed by atoms with Crippen molar-refractivity contribution in [1.82, 2.24) is 9.78 Å². The molecule has 1 aliphatic heterocycles. The fraction of sp³-hybridized carbons (Fsp3) is 0.312. The van der Waals surface area contributed by atoms with Crippen molar-refractivity contribution in [3.8, 4) is 0 Å². The first-order valence-corrected chi connectivity index (χ1v) is 7.95. The molecule has 0 aliphatic carbocycles. The Balaban J connectivity index is 1.78. The van der Waals surface area contributed by atoms with E-state index in [9.17, 15) is 9.59 Å². The number of hydrogen-bond acceptors (Lipinski definition) is 4. The number of anilines is 3. The number of halogens is 1. The van der Waals surface area contributed by atoms with Crippen molar-refractivity contribution in [2.24, 2.45) is 7.05 Å². The molecule has 2 N–H and O–H groups in total. The average Bonchev–Trinajstić information content (AvgIpc) is 3.08. The molecule has 2 amide bonds. The van der Waals surface area contributed by atoms with Crippen molar-refractivity contribution in [1.29, 1.82) is 0 Å². The van der Waals surface area contributed by atoms with Crippen LogP contribution in [0.4, 0.5) is 17.1 Å². The summed E-state index contributed by atoms with van der Waals surface area (Å²) in [5.41, 5.74) is 2.00. The van der Waals surface area contributed by atoms with E-state index < -0.39 is 0 Å². The summed E-state index contributed by atoms with van der Waals surface area (Å²) in [5, 5.41) is 10.6. The fourth-order valence-electron chi connectivity index (χ4n) is 2.74. The van der Waals surface area contributed by atoms with Crippen LogP contribution in [0.25, 0.3) is 0 Å². The number of amides is 2. The van der Waals surface area contributed by atoms with Gasteiger partial charge in [0, 0.05) is 31.7 Å². The van der Waals surface area contributed by atoms with Gasteiger partial charge in [-0.05, 0) is 24.6 Å². The third-order valence-corrected chi connectivity index (χ3v) is 4.07. The third kappa shape index (κ3) is 3.35. The lowest BCUT2D eigenvalue weighted by Gasteiger charge is -2.18. The Morgan fingerprint density at radius 3 is 2.83 bits per heavy atom. The van der Waals surface area contributed by atoms with Gasteiger partial charge in [-0.2, -0.15) is 5.10 Å². The van der Waals surface area contributed by atoms with E-state index in [0.29, 0.717) is 29.4 Å². The molecule has 0 unspecified atom stereocenters.